The zero-order valence-corrected chi connectivity index (χ0v) is 27.2. The van der Waals surface area contributed by atoms with Gasteiger partial charge in [-0.1, -0.05) is 146 Å². The van der Waals surface area contributed by atoms with E-state index in [1.165, 1.54) is 77.2 Å². The minimum Gasteiger partial charge on any atom is -0.255 e. The molecule has 7 aromatic carbocycles. The van der Waals surface area contributed by atoms with Gasteiger partial charge in [-0.3, -0.25) is 9.97 Å². The molecule has 0 atom stereocenters. The summed E-state index contributed by atoms with van der Waals surface area (Å²) in [7, 11) is 0. The molecular formula is C48H30N2. The summed E-state index contributed by atoms with van der Waals surface area (Å²) < 4.78 is 0. The van der Waals surface area contributed by atoms with E-state index in [1.807, 2.05) is 24.4 Å². The number of hydrogen-bond acceptors (Lipinski definition) is 2. The Balaban J connectivity index is 1.19. The molecule has 0 radical (unpaired) electrons. The lowest BCUT2D eigenvalue weighted by molar-refractivity contribution is 1.25. The summed E-state index contributed by atoms with van der Waals surface area (Å²) in [5.41, 5.74) is 16.7. The van der Waals surface area contributed by atoms with Crippen molar-refractivity contribution in [2.45, 2.75) is 0 Å². The standard InChI is InChI=1S/C48H30N2/c1-3-13-31(14-4-1)44-38-19-7-8-20-39(38)45(32-15-5-2-6-16-32)48-41-26-25-36(37-21-12-22-40(46(37)41)47(44)48)34-18-11-17-33(29-34)35-24-27-43(50-30-35)42-23-9-10-28-49-42/h1-30H. The van der Waals surface area contributed by atoms with Gasteiger partial charge in [0.1, 0.15) is 0 Å². The van der Waals surface area contributed by atoms with Crippen LogP contribution >= 0.6 is 0 Å². The number of pyridine rings is 2. The summed E-state index contributed by atoms with van der Waals surface area (Å²) in [6.45, 7) is 0. The SMILES string of the molecule is c1ccc(-c2c3c(c(-c4ccccc4)c4ccccc24)-c2ccc(-c4cccc(-c5ccc(-c6ccccn6)nc5)c4)c4cccc-3c24)cc1. The minimum absolute atomic E-state index is 0.870. The largest absolute Gasteiger partial charge is 0.255 e. The van der Waals surface area contributed by atoms with Gasteiger partial charge in [0.15, 0.2) is 0 Å². The van der Waals surface area contributed by atoms with Gasteiger partial charge in [-0.05, 0) is 107 Å². The molecular weight excluding hydrogens is 605 g/mol. The normalized spacial score (nSPS) is 11.6. The van der Waals surface area contributed by atoms with Crippen LogP contribution in [0.3, 0.4) is 0 Å². The van der Waals surface area contributed by atoms with E-state index in [1.54, 1.807) is 6.20 Å². The van der Waals surface area contributed by atoms with E-state index in [2.05, 4.69) is 157 Å². The van der Waals surface area contributed by atoms with Crippen LogP contribution in [0.25, 0.3) is 99.7 Å². The Morgan fingerprint density at radius 1 is 0.300 bits per heavy atom. The van der Waals surface area contributed by atoms with Crippen LogP contribution in [-0.4, -0.2) is 9.97 Å². The number of benzene rings is 7. The molecule has 1 aliphatic carbocycles. The lowest BCUT2D eigenvalue weighted by Crippen LogP contribution is -1.93. The van der Waals surface area contributed by atoms with Gasteiger partial charge in [0, 0.05) is 18.0 Å². The molecule has 0 bridgehead atoms. The van der Waals surface area contributed by atoms with Gasteiger partial charge >= 0.3 is 0 Å². The van der Waals surface area contributed by atoms with E-state index in [4.69, 9.17) is 4.98 Å². The lowest BCUT2D eigenvalue weighted by Gasteiger charge is -2.20. The van der Waals surface area contributed by atoms with Crippen LogP contribution in [0.5, 0.6) is 0 Å². The second-order valence-electron chi connectivity index (χ2n) is 12.9. The van der Waals surface area contributed by atoms with Crippen LogP contribution in [-0.2, 0) is 0 Å². The minimum atomic E-state index is 0.870. The molecule has 2 heterocycles. The Labute approximate surface area is 291 Å². The summed E-state index contributed by atoms with van der Waals surface area (Å²) in [6, 6.07) is 61.2. The smallest absolute Gasteiger partial charge is 0.0886 e. The molecule has 1 aliphatic rings. The number of hydrogen-bond donors (Lipinski definition) is 0. The van der Waals surface area contributed by atoms with Gasteiger partial charge in [-0.15, -0.1) is 0 Å². The highest BCUT2D eigenvalue weighted by molar-refractivity contribution is 6.28. The maximum atomic E-state index is 4.76. The van der Waals surface area contributed by atoms with Gasteiger partial charge in [0.05, 0.1) is 11.4 Å². The second-order valence-corrected chi connectivity index (χ2v) is 12.9. The molecule has 0 aliphatic heterocycles. The van der Waals surface area contributed by atoms with Crippen LogP contribution in [0.1, 0.15) is 0 Å². The predicted molar refractivity (Wildman–Crippen MR) is 209 cm³/mol. The summed E-state index contributed by atoms with van der Waals surface area (Å²) in [5.74, 6) is 0. The van der Waals surface area contributed by atoms with Gasteiger partial charge in [-0.2, -0.15) is 0 Å². The molecule has 9 aromatic rings. The molecule has 0 fully saturated rings. The van der Waals surface area contributed by atoms with Crippen LogP contribution in [0.2, 0.25) is 0 Å². The average molecular weight is 635 g/mol. The first-order chi connectivity index (χ1) is 24.8. The molecule has 0 unspecified atom stereocenters. The molecule has 2 aromatic heterocycles. The van der Waals surface area contributed by atoms with E-state index in [-0.39, 0.29) is 0 Å². The maximum Gasteiger partial charge on any atom is 0.0886 e. The number of aromatic nitrogens is 2. The van der Waals surface area contributed by atoms with Crippen molar-refractivity contribution in [3.63, 3.8) is 0 Å². The van der Waals surface area contributed by atoms with Gasteiger partial charge in [0.2, 0.25) is 0 Å². The molecule has 0 saturated carbocycles. The quantitative estimate of drug-likeness (QED) is 0.188. The molecule has 0 N–H and O–H groups in total. The van der Waals surface area contributed by atoms with Crippen LogP contribution in [0, 0.1) is 0 Å². The molecule has 232 valence electrons. The third-order valence-corrected chi connectivity index (χ3v) is 10.1. The molecule has 2 heteroatoms. The third kappa shape index (κ3) is 4.43. The molecule has 10 rings (SSSR count). The molecule has 50 heavy (non-hydrogen) atoms. The summed E-state index contributed by atoms with van der Waals surface area (Å²) in [4.78, 5) is 9.23. The first-order valence-corrected chi connectivity index (χ1v) is 17.1. The van der Waals surface area contributed by atoms with E-state index in [9.17, 15) is 0 Å². The monoisotopic (exact) mass is 634 g/mol. The first-order valence-electron chi connectivity index (χ1n) is 17.1. The van der Waals surface area contributed by atoms with Crippen molar-refractivity contribution < 1.29 is 0 Å². The Morgan fingerprint density at radius 2 is 0.860 bits per heavy atom. The summed E-state index contributed by atoms with van der Waals surface area (Å²) in [6.07, 6.45) is 3.76. The molecule has 0 spiro atoms. The van der Waals surface area contributed by atoms with Crippen LogP contribution in [0.4, 0.5) is 0 Å². The fraction of sp³-hybridized carbons (Fsp3) is 0. The van der Waals surface area contributed by atoms with Gasteiger partial charge in [-0.25, -0.2) is 0 Å². The molecule has 0 saturated heterocycles. The van der Waals surface area contributed by atoms with Gasteiger partial charge in [0.25, 0.3) is 0 Å². The average Bonchev–Trinajstić information content (AvgIpc) is 3.53. The fourth-order valence-electron chi connectivity index (χ4n) is 7.96. The fourth-order valence-corrected chi connectivity index (χ4v) is 7.96. The zero-order chi connectivity index (χ0) is 33.0. The van der Waals surface area contributed by atoms with Crippen molar-refractivity contribution in [3.8, 4) is 78.1 Å². The van der Waals surface area contributed by atoms with Crippen LogP contribution < -0.4 is 0 Å². The highest BCUT2D eigenvalue weighted by Crippen LogP contribution is 2.58. The highest BCUT2D eigenvalue weighted by atomic mass is 14.8. The van der Waals surface area contributed by atoms with Crippen molar-refractivity contribution in [2.75, 3.05) is 0 Å². The highest BCUT2D eigenvalue weighted by Gasteiger charge is 2.31. The Hall–Kier alpha value is -6.64. The number of nitrogens with zero attached hydrogens (tertiary/aromatic N) is 2. The summed E-state index contributed by atoms with van der Waals surface area (Å²) >= 11 is 0. The molecule has 0 amide bonds. The Kier molecular flexibility index (Phi) is 6.53. The lowest BCUT2D eigenvalue weighted by atomic mass is 9.82. The topological polar surface area (TPSA) is 25.8 Å². The number of fused-ring (bicyclic) bond motifs is 4. The van der Waals surface area contributed by atoms with Crippen LogP contribution in [0.15, 0.2) is 182 Å². The third-order valence-electron chi connectivity index (χ3n) is 10.1. The first kappa shape index (κ1) is 28.4. The second kappa shape index (κ2) is 11.5. The summed E-state index contributed by atoms with van der Waals surface area (Å²) in [5, 5.41) is 5.13. The van der Waals surface area contributed by atoms with E-state index in [0.29, 0.717) is 0 Å². The van der Waals surface area contributed by atoms with E-state index < -0.39 is 0 Å². The Morgan fingerprint density at radius 3 is 1.52 bits per heavy atom. The van der Waals surface area contributed by atoms with E-state index >= 15 is 0 Å². The van der Waals surface area contributed by atoms with Crippen molar-refractivity contribution in [3.05, 3.63) is 182 Å². The van der Waals surface area contributed by atoms with Crippen molar-refractivity contribution in [2.24, 2.45) is 0 Å². The van der Waals surface area contributed by atoms with E-state index in [0.717, 1.165) is 22.5 Å². The molecule has 2 nitrogen and oxygen atoms in total. The Bertz CT molecular complexity index is 2620. The van der Waals surface area contributed by atoms with Crippen molar-refractivity contribution >= 4 is 21.5 Å². The van der Waals surface area contributed by atoms with Crippen molar-refractivity contribution in [1.82, 2.24) is 9.97 Å². The van der Waals surface area contributed by atoms with Gasteiger partial charge < -0.3 is 0 Å². The maximum absolute atomic E-state index is 4.76. The zero-order valence-electron chi connectivity index (χ0n) is 27.2. The number of rotatable bonds is 5. The van der Waals surface area contributed by atoms with Crippen molar-refractivity contribution in [1.29, 1.82) is 0 Å². The predicted octanol–water partition coefficient (Wildman–Crippen LogP) is 12.8.